The van der Waals surface area contributed by atoms with Crippen LogP contribution in [0.1, 0.15) is 16.5 Å². The first-order chi connectivity index (χ1) is 8.56. The van der Waals surface area contributed by atoms with E-state index < -0.39 is 5.82 Å². The number of hydrogen-bond acceptors (Lipinski definition) is 0. The Morgan fingerprint density at radius 2 is 1.67 bits per heavy atom. The quantitative estimate of drug-likeness (QED) is 0.685. The minimum absolute atomic E-state index is 0.0530. The number of halogens is 4. The molecule has 0 bridgehead atoms. The molecule has 0 fully saturated rings. The van der Waals surface area contributed by atoms with Crippen molar-refractivity contribution >= 4 is 23.2 Å². The highest BCUT2D eigenvalue weighted by molar-refractivity contribution is 6.31. The van der Waals surface area contributed by atoms with Gasteiger partial charge in [0.15, 0.2) is 0 Å². The second-order valence-corrected chi connectivity index (χ2v) is 4.91. The van der Waals surface area contributed by atoms with Gasteiger partial charge in [-0.05, 0) is 41.8 Å². The Hall–Kier alpha value is -1.12. The molecule has 2 aromatic rings. The van der Waals surface area contributed by atoms with Crippen LogP contribution in [0.4, 0.5) is 8.78 Å². The van der Waals surface area contributed by atoms with Gasteiger partial charge in [0.2, 0.25) is 0 Å². The third kappa shape index (κ3) is 3.21. The average Bonchev–Trinajstić information content (AvgIpc) is 2.35. The molecule has 2 rings (SSSR count). The van der Waals surface area contributed by atoms with Crippen molar-refractivity contribution in [3.8, 4) is 0 Å². The molecule has 0 radical (unpaired) electrons. The standard InChI is InChI=1S/C14H10Cl2F2/c15-12(7-9-1-4-11(17)5-2-9)10-3-6-14(18)13(16)8-10/h1-6,8,12H,7H2. The molecule has 0 aliphatic carbocycles. The van der Waals surface area contributed by atoms with Crippen molar-refractivity contribution < 1.29 is 8.78 Å². The van der Waals surface area contributed by atoms with Crippen LogP contribution in [0.25, 0.3) is 0 Å². The van der Waals surface area contributed by atoms with E-state index in [-0.39, 0.29) is 16.2 Å². The minimum atomic E-state index is -0.467. The predicted molar refractivity (Wildman–Crippen MR) is 70.1 cm³/mol. The van der Waals surface area contributed by atoms with E-state index in [4.69, 9.17) is 23.2 Å². The highest BCUT2D eigenvalue weighted by atomic mass is 35.5. The largest absolute Gasteiger partial charge is 0.207 e. The summed E-state index contributed by atoms with van der Waals surface area (Å²) < 4.78 is 25.8. The molecule has 0 nitrogen and oxygen atoms in total. The third-order valence-electron chi connectivity index (χ3n) is 2.63. The molecule has 0 amide bonds. The fraction of sp³-hybridized carbons (Fsp3) is 0.143. The van der Waals surface area contributed by atoms with E-state index in [1.165, 1.54) is 24.3 Å². The lowest BCUT2D eigenvalue weighted by molar-refractivity contribution is 0.625. The van der Waals surface area contributed by atoms with Crippen molar-refractivity contribution in [3.63, 3.8) is 0 Å². The lowest BCUT2D eigenvalue weighted by Crippen LogP contribution is -1.96. The number of hydrogen-bond donors (Lipinski definition) is 0. The fourth-order valence-corrected chi connectivity index (χ4v) is 2.16. The Bertz CT molecular complexity index is 538. The summed E-state index contributed by atoms with van der Waals surface area (Å²) in [6, 6.07) is 10.5. The van der Waals surface area contributed by atoms with Crippen LogP contribution < -0.4 is 0 Å². The van der Waals surface area contributed by atoms with Crippen molar-refractivity contribution in [2.75, 3.05) is 0 Å². The van der Waals surface area contributed by atoms with Crippen LogP contribution >= 0.6 is 23.2 Å². The van der Waals surface area contributed by atoms with Crippen LogP contribution in [0, 0.1) is 11.6 Å². The Kier molecular flexibility index (Phi) is 4.20. The van der Waals surface area contributed by atoms with Crippen LogP contribution in [-0.4, -0.2) is 0 Å². The summed E-state index contributed by atoms with van der Waals surface area (Å²) in [4.78, 5) is 0. The number of alkyl halides is 1. The van der Waals surface area contributed by atoms with E-state index in [2.05, 4.69) is 0 Å². The van der Waals surface area contributed by atoms with Gasteiger partial charge in [0.25, 0.3) is 0 Å². The molecule has 18 heavy (non-hydrogen) atoms. The first-order valence-electron chi connectivity index (χ1n) is 5.40. The van der Waals surface area contributed by atoms with Crippen LogP contribution in [0.5, 0.6) is 0 Å². The first kappa shape index (κ1) is 13.3. The Morgan fingerprint density at radius 1 is 1.00 bits per heavy atom. The topological polar surface area (TPSA) is 0 Å². The zero-order valence-corrected chi connectivity index (χ0v) is 10.8. The minimum Gasteiger partial charge on any atom is -0.207 e. The van der Waals surface area contributed by atoms with Crippen LogP contribution in [0.2, 0.25) is 5.02 Å². The van der Waals surface area contributed by atoms with E-state index >= 15 is 0 Å². The van der Waals surface area contributed by atoms with Gasteiger partial charge in [0.05, 0.1) is 10.4 Å². The molecular weight excluding hydrogens is 277 g/mol. The summed E-state index contributed by atoms with van der Waals surface area (Å²) in [5.41, 5.74) is 1.66. The highest BCUT2D eigenvalue weighted by Gasteiger charge is 2.11. The smallest absolute Gasteiger partial charge is 0.141 e. The lowest BCUT2D eigenvalue weighted by atomic mass is 10.0. The molecule has 0 saturated carbocycles. The van der Waals surface area contributed by atoms with Crippen LogP contribution in [0.15, 0.2) is 42.5 Å². The fourth-order valence-electron chi connectivity index (χ4n) is 1.65. The van der Waals surface area contributed by atoms with E-state index in [1.807, 2.05) is 0 Å². The van der Waals surface area contributed by atoms with Crippen LogP contribution in [0.3, 0.4) is 0 Å². The number of benzene rings is 2. The lowest BCUT2D eigenvalue weighted by Gasteiger charge is -2.10. The molecule has 0 heterocycles. The van der Waals surface area contributed by atoms with Gasteiger partial charge in [-0.25, -0.2) is 8.78 Å². The summed E-state index contributed by atoms with van der Waals surface area (Å²) in [5, 5.41) is -0.272. The Labute approximate surface area is 114 Å². The van der Waals surface area contributed by atoms with Gasteiger partial charge in [-0.1, -0.05) is 29.8 Å². The second-order valence-electron chi connectivity index (χ2n) is 3.97. The van der Waals surface area contributed by atoms with Crippen molar-refractivity contribution in [2.45, 2.75) is 11.8 Å². The van der Waals surface area contributed by atoms with Gasteiger partial charge in [-0.3, -0.25) is 0 Å². The molecule has 0 aromatic heterocycles. The summed E-state index contributed by atoms with van der Waals surface area (Å²) in [7, 11) is 0. The normalized spacial score (nSPS) is 12.4. The Morgan fingerprint density at radius 3 is 2.28 bits per heavy atom. The molecule has 0 spiro atoms. The van der Waals surface area contributed by atoms with E-state index in [0.717, 1.165) is 11.1 Å². The molecule has 94 valence electrons. The SMILES string of the molecule is Fc1ccc(CC(Cl)c2ccc(F)c(Cl)c2)cc1. The monoisotopic (exact) mass is 286 g/mol. The van der Waals surface area contributed by atoms with Crippen molar-refractivity contribution in [1.82, 2.24) is 0 Å². The maximum absolute atomic E-state index is 13.0. The summed E-state index contributed by atoms with van der Waals surface area (Å²) in [5.74, 6) is -0.749. The van der Waals surface area contributed by atoms with E-state index in [0.29, 0.717) is 6.42 Å². The maximum atomic E-state index is 13.0. The van der Waals surface area contributed by atoms with Crippen molar-refractivity contribution in [2.24, 2.45) is 0 Å². The van der Waals surface area contributed by atoms with E-state index in [1.54, 1.807) is 18.2 Å². The molecular formula is C14H10Cl2F2. The van der Waals surface area contributed by atoms with Gasteiger partial charge in [-0.15, -0.1) is 11.6 Å². The summed E-state index contributed by atoms with van der Waals surface area (Å²) in [6.07, 6.45) is 0.532. The van der Waals surface area contributed by atoms with Crippen LogP contribution in [-0.2, 0) is 6.42 Å². The molecule has 0 saturated heterocycles. The average molecular weight is 287 g/mol. The molecule has 1 unspecified atom stereocenters. The zero-order valence-electron chi connectivity index (χ0n) is 9.34. The third-order valence-corrected chi connectivity index (χ3v) is 3.33. The molecule has 4 heteroatoms. The van der Waals surface area contributed by atoms with E-state index in [9.17, 15) is 8.78 Å². The van der Waals surface area contributed by atoms with Gasteiger partial charge >= 0.3 is 0 Å². The Balaban J connectivity index is 2.13. The first-order valence-corrected chi connectivity index (χ1v) is 6.21. The summed E-state index contributed by atoms with van der Waals surface area (Å²) >= 11 is 11.9. The second kappa shape index (κ2) is 5.68. The molecule has 0 aliphatic heterocycles. The van der Waals surface area contributed by atoms with Gasteiger partial charge < -0.3 is 0 Å². The highest BCUT2D eigenvalue weighted by Crippen LogP contribution is 2.28. The van der Waals surface area contributed by atoms with Crippen molar-refractivity contribution in [1.29, 1.82) is 0 Å². The molecule has 2 aromatic carbocycles. The molecule has 0 aliphatic rings. The number of rotatable bonds is 3. The zero-order chi connectivity index (χ0) is 13.1. The molecule has 1 atom stereocenters. The van der Waals surface area contributed by atoms with Crippen molar-refractivity contribution in [3.05, 3.63) is 70.2 Å². The molecule has 0 N–H and O–H groups in total. The summed E-state index contributed by atoms with van der Waals surface area (Å²) in [6.45, 7) is 0. The van der Waals surface area contributed by atoms with Gasteiger partial charge in [-0.2, -0.15) is 0 Å². The van der Waals surface area contributed by atoms with Gasteiger partial charge in [0.1, 0.15) is 11.6 Å². The maximum Gasteiger partial charge on any atom is 0.141 e. The van der Waals surface area contributed by atoms with Gasteiger partial charge in [0, 0.05) is 0 Å². The predicted octanol–water partition coefficient (Wildman–Crippen LogP) is 5.14.